The highest BCUT2D eigenvalue weighted by Crippen LogP contribution is 2.18. The van der Waals surface area contributed by atoms with Crippen molar-refractivity contribution in [3.63, 3.8) is 0 Å². The molecule has 0 spiro atoms. The third-order valence-electron chi connectivity index (χ3n) is 5.54. The number of unbranched alkanes of at least 4 members (excludes halogenated alkanes) is 1. The van der Waals surface area contributed by atoms with Crippen LogP contribution in [0.2, 0.25) is 0 Å². The number of anilines is 1. The van der Waals surface area contributed by atoms with Crippen LogP contribution in [0.15, 0.2) is 24.3 Å². The maximum absolute atomic E-state index is 2.51. The molecule has 0 aliphatic carbocycles. The van der Waals surface area contributed by atoms with Gasteiger partial charge in [0, 0.05) is 38.4 Å². The van der Waals surface area contributed by atoms with E-state index < -0.39 is 0 Å². The lowest BCUT2D eigenvalue weighted by Gasteiger charge is -2.34. The molecular weight excluding hydrogens is 306 g/mol. The van der Waals surface area contributed by atoms with Crippen LogP contribution in [0, 0.1) is 5.92 Å². The number of nitrogens with zero attached hydrogens (tertiary/aromatic N) is 3. The molecule has 1 aromatic carbocycles. The average molecular weight is 346 g/mol. The van der Waals surface area contributed by atoms with E-state index in [0.717, 1.165) is 25.6 Å². The van der Waals surface area contributed by atoms with Gasteiger partial charge < -0.3 is 14.7 Å². The molecule has 1 aromatic rings. The van der Waals surface area contributed by atoms with Gasteiger partial charge in [0.1, 0.15) is 0 Å². The van der Waals surface area contributed by atoms with E-state index in [1.165, 1.54) is 63.0 Å². The Hall–Kier alpha value is -1.06. The van der Waals surface area contributed by atoms with Crippen molar-refractivity contribution in [2.45, 2.75) is 52.5 Å². The van der Waals surface area contributed by atoms with Gasteiger partial charge >= 0.3 is 0 Å². The Kier molecular flexibility index (Phi) is 8.77. The summed E-state index contributed by atoms with van der Waals surface area (Å²) in [4.78, 5) is 7.38. The Morgan fingerprint density at radius 3 is 2.28 bits per heavy atom. The molecule has 1 heterocycles. The fourth-order valence-electron chi connectivity index (χ4n) is 3.67. The van der Waals surface area contributed by atoms with E-state index in [0.29, 0.717) is 0 Å². The molecule has 3 nitrogen and oxygen atoms in total. The number of rotatable bonds is 10. The first kappa shape index (κ1) is 20.3. The van der Waals surface area contributed by atoms with Crippen molar-refractivity contribution in [2.75, 3.05) is 51.7 Å². The van der Waals surface area contributed by atoms with Crippen molar-refractivity contribution in [1.82, 2.24) is 9.80 Å². The minimum atomic E-state index is 0.885. The van der Waals surface area contributed by atoms with Gasteiger partial charge in [-0.05, 0) is 57.1 Å². The Morgan fingerprint density at radius 1 is 1.00 bits per heavy atom. The smallest absolute Gasteiger partial charge is 0.0367 e. The first-order chi connectivity index (χ1) is 12.1. The third kappa shape index (κ3) is 7.37. The first-order valence-electron chi connectivity index (χ1n) is 10.3. The topological polar surface area (TPSA) is 9.72 Å². The van der Waals surface area contributed by atoms with Crippen LogP contribution in [0.1, 0.15) is 51.5 Å². The van der Waals surface area contributed by atoms with Gasteiger partial charge in [0.05, 0.1) is 0 Å². The molecule has 1 aliphatic rings. The summed E-state index contributed by atoms with van der Waals surface area (Å²) < 4.78 is 0. The first-order valence-corrected chi connectivity index (χ1v) is 10.3. The highest BCUT2D eigenvalue weighted by molar-refractivity contribution is 5.48. The zero-order chi connectivity index (χ0) is 18.1. The molecule has 0 N–H and O–H groups in total. The van der Waals surface area contributed by atoms with Crippen molar-refractivity contribution in [3.05, 3.63) is 29.8 Å². The van der Waals surface area contributed by atoms with Gasteiger partial charge in [-0.1, -0.05) is 45.2 Å². The minimum Gasteiger partial charge on any atom is -0.369 e. The van der Waals surface area contributed by atoms with Crippen LogP contribution in [0.3, 0.4) is 0 Å². The molecule has 3 heteroatoms. The van der Waals surface area contributed by atoms with E-state index in [1.807, 2.05) is 0 Å². The van der Waals surface area contributed by atoms with Crippen molar-refractivity contribution >= 4 is 5.69 Å². The van der Waals surface area contributed by atoms with Crippen molar-refractivity contribution in [3.8, 4) is 0 Å². The molecule has 25 heavy (non-hydrogen) atoms. The summed E-state index contributed by atoms with van der Waals surface area (Å²) in [5, 5.41) is 0. The van der Waals surface area contributed by atoms with Gasteiger partial charge in [0.15, 0.2) is 0 Å². The molecule has 1 saturated heterocycles. The molecule has 1 atom stereocenters. The molecule has 0 saturated carbocycles. The molecular formula is C22H39N3. The molecule has 0 radical (unpaired) electrons. The van der Waals surface area contributed by atoms with E-state index >= 15 is 0 Å². The maximum Gasteiger partial charge on any atom is 0.0367 e. The number of hydrogen-bond acceptors (Lipinski definition) is 3. The van der Waals surface area contributed by atoms with Crippen LogP contribution in [0.4, 0.5) is 5.69 Å². The lowest BCUT2D eigenvalue weighted by Crippen LogP contribution is -2.44. The Bertz CT molecular complexity index is 463. The van der Waals surface area contributed by atoms with Gasteiger partial charge in [-0.25, -0.2) is 0 Å². The molecule has 0 bridgehead atoms. The second-order valence-electron chi connectivity index (χ2n) is 8.08. The Balaban J connectivity index is 1.69. The highest BCUT2D eigenvalue weighted by atomic mass is 15.2. The molecule has 0 aromatic heterocycles. The summed E-state index contributed by atoms with van der Waals surface area (Å²) in [7, 11) is 4.46. The van der Waals surface area contributed by atoms with Gasteiger partial charge in [-0.15, -0.1) is 0 Å². The van der Waals surface area contributed by atoms with Crippen molar-refractivity contribution in [1.29, 1.82) is 0 Å². The zero-order valence-electron chi connectivity index (χ0n) is 17.0. The molecule has 142 valence electrons. The largest absolute Gasteiger partial charge is 0.369 e. The highest BCUT2D eigenvalue weighted by Gasteiger charge is 2.14. The fraction of sp³-hybridized carbons (Fsp3) is 0.727. The normalized spacial score (nSPS) is 17.2. The zero-order valence-corrected chi connectivity index (χ0v) is 17.0. The molecule has 2 rings (SSSR count). The van der Waals surface area contributed by atoms with Gasteiger partial charge in [-0.3, -0.25) is 0 Å². The molecule has 0 amide bonds. The van der Waals surface area contributed by atoms with Gasteiger partial charge in [0.2, 0.25) is 0 Å². The molecule has 1 unspecified atom stereocenters. The Labute approximate surface area is 156 Å². The predicted octanol–water partition coefficient (Wildman–Crippen LogP) is 4.48. The lowest BCUT2D eigenvalue weighted by atomic mass is 9.99. The summed E-state index contributed by atoms with van der Waals surface area (Å²) in [6.07, 6.45) is 6.80. The van der Waals surface area contributed by atoms with Crippen LogP contribution < -0.4 is 4.90 Å². The standard InChI is InChI=1S/C22H39N3/c1-5-6-8-20(2)9-7-14-24(4)19-21-10-12-22(13-11-21)25-17-15-23(3)16-18-25/h10-13,20H,5-9,14-19H2,1-4H3. The van der Waals surface area contributed by atoms with Crippen LogP contribution >= 0.6 is 0 Å². The number of piperazine rings is 1. The number of benzene rings is 1. The lowest BCUT2D eigenvalue weighted by molar-refractivity contribution is 0.304. The number of likely N-dealkylation sites (N-methyl/N-ethyl adjacent to an activating group) is 1. The summed E-state index contributed by atoms with van der Waals surface area (Å²) in [6, 6.07) is 9.24. The van der Waals surface area contributed by atoms with E-state index in [9.17, 15) is 0 Å². The van der Waals surface area contributed by atoms with Crippen LogP contribution in [0.25, 0.3) is 0 Å². The number of hydrogen-bond donors (Lipinski definition) is 0. The van der Waals surface area contributed by atoms with Crippen LogP contribution in [-0.4, -0.2) is 56.6 Å². The predicted molar refractivity (Wildman–Crippen MR) is 110 cm³/mol. The Morgan fingerprint density at radius 2 is 1.64 bits per heavy atom. The van der Waals surface area contributed by atoms with E-state index in [1.54, 1.807) is 0 Å². The van der Waals surface area contributed by atoms with E-state index in [4.69, 9.17) is 0 Å². The van der Waals surface area contributed by atoms with E-state index in [-0.39, 0.29) is 0 Å². The maximum atomic E-state index is 2.51. The second-order valence-corrected chi connectivity index (χ2v) is 8.08. The van der Waals surface area contributed by atoms with Crippen LogP contribution in [-0.2, 0) is 6.54 Å². The summed E-state index contributed by atoms with van der Waals surface area (Å²) in [5.74, 6) is 0.885. The van der Waals surface area contributed by atoms with E-state index in [2.05, 4.69) is 66.9 Å². The molecule has 1 aliphatic heterocycles. The summed E-state index contributed by atoms with van der Waals surface area (Å²) in [5.41, 5.74) is 2.81. The second kappa shape index (κ2) is 10.8. The summed E-state index contributed by atoms with van der Waals surface area (Å²) in [6.45, 7) is 11.6. The fourth-order valence-corrected chi connectivity index (χ4v) is 3.67. The summed E-state index contributed by atoms with van der Waals surface area (Å²) >= 11 is 0. The van der Waals surface area contributed by atoms with Gasteiger partial charge in [0.25, 0.3) is 0 Å². The van der Waals surface area contributed by atoms with Crippen molar-refractivity contribution < 1.29 is 0 Å². The minimum absolute atomic E-state index is 0.885. The third-order valence-corrected chi connectivity index (χ3v) is 5.54. The average Bonchev–Trinajstić information content (AvgIpc) is 2.61. The van der Waals surface area contributed by atoms with Crippen LogP contribution in [0.5, 0.6) is 0 Å². The van der Waals surface area contributed by atoms with Crippen molar-refractivity contribution in [2.24, 2.45) is 5.92 Å². The SMILES string of the molecule is CCCCC(C)CCCN(C)Cc1ccc(N2CCN(C)CC2)cc1. The quantitative estimate of drug-likeness (QED) is 0.619. The monoisotopic (exact) mass is 345 g/mol. The molecule has 1 fully saturated rings. The van der Waals surface area contributed by atoms with Gasteiger partial charge in [-0.2, -0.15) is 0 Å².